The van der Waals surface area contributed by atoms with Crippen LogP contribution < -0.4 is 10.6 Å². The molecule has 2 fully saturated rings. The van der Waals surface area contributed by atoms with E-state index in [2.05, 4.69) is 10.6 Å². The van der Waals surface area contributed by atoms with E-state index in [0.717, 1.165) is 17.8 Å². The molecule has 2 saturated carbocycles. The number of urea groups is 1. The normalized spacial score (nSPS) is 21.9. The van der Waals surface area contributed by atoms with Gasteiger partial charge >= 0.3 is 12.0 Å². The third kappa shape index (κ3) is 4.52. The fourth-order valence-electron chi connectivity index (χ4n) is 3.83. The van der Waals surface area contributed by atoms with Crippen molar-refractivity contribution in [1.82, 2.24) is 15.1 Å². The molecule has 2 amide bonds. The maximum atomic E-state index is 12.5. The van der Waals surface area contributed by atoms with Gasteiger partial charge < -0.3 is 10.4 Å². The number of carbonyl (C=O) groups is 2. The largest absolute Gasteiger partial charge is 0.481 e. The first-order valence-electron chi connectivity index (χ1n) is 10.0. The summed E-state index contributed by atoms with van der Waals surface area (Å²) in [7, 11) is 0. The summed E-state index contributed by atoms with van der Waals surface area (Å²) < 4.78 is 1.78. The van der Waals surface area contributed by atoms with Gasteiger partial charge in [-0.15, -0.1) is 0 Å². The van der Waals surface area contributed by atoms with Crippen molar-refractivity contribution >= 4 is 17.8 Å². The molecule has 4 rings (SSSR count). The highest BCUT2D eigenvalue weighted by Gasteiger charge is 2.27. The quantitative estimate of drug-likeness (QED) is 0.711. The standard InChI is InChI=1S/C21H26N4O3/c26-20(27)15-8-10-16(11-9-15)22-21(28)23-19-13-17(12-14-6-7-14)24-25(19)18-4-2-1-3-5-18/h1-5,13-16H,6-12H2,(H,26,27)(H2,22,23,28). The third-order valence-corrected chi connectivity index (χ3v) is 5.61. The van der Waals surface area contributed by atoms with Crippen LogP contribution in [0.4, 0.5) is 10.6 Å². The van der Waals surface area contributed by atoms with Gasteiger partial charge in [-0.2, -0.15) is 5.10 Å². The molecule has 7 nitrogen and oxygen atoms in total. The fraction of sp³-hybridized carbons (Fsp3) is 0.476. The predicted octanol–water partition coefficient (Wildman–Crippen LogP) is 3.59. The number of aromatic nitrogens is 2. The Morgan fingerprint density at radius 1 is 1.07 bits per heavy atom. The van der Waals surface area contributed by atoms with Crippen LogP contribution in [0.25, 0.3) is 5.69 Å². The molecule has 0 radical (unpaired) electrons. The second-order valence-electron chi connectivity index (χ2n) is 7.90. The van der Waals surface area contributed by atoms with Gasteiger partial charge in [0, 0.05) is 12.1 Å². The Balaban J connectivity index is 1.42. The number of carbonyl (C=O) groups excluding carboxylic acids is 1. The minimum atomic E-state index is -0.738. The molecule has 1 aromatic heterocycles. The number of aliphatic carboxylic acids is 1. The second-order valence-corrected chi connectivity index (χ2v) is 7.90. The summed E-state index contributed by atoms with van der Waals surface area (Å²) in [5, 5.41) is 19.7. The zero-order valence-corrected chi connectivity index (χ0v) is 15.8. The Bertz CT molecular complexity index is 837. The van der Waals surface area contributed by atoms with Crippen LogP contribution in [0.5, 0.6) is 0 Å². The lowest BCUT2D eigenvalue weighted by Crippen LogP contribution is -2.41. The summed E-state index contributed by atoms with van der Waals surface area (Å²) in [5.41, 5.74) is 1.89. The van der Waals surface area contributed by atoms with Gasteiger partial charge in [0.05, 0.1) is 17.3 Å². The Labute approximate surface area is 164 Å². The molecule has 2 aromatic rings. The number of nitrogens with one attached hydrogen (secondary N) is 2. The van der Waals surface area contributed by atoms with E-state index in [-0.39, 0.29) is 18.0 Å². The molecular weight excluding hydrogens is 356 g/mol. The van der Waals surface area contributed by atoms with Crippen molar-refractivity contribution in [2.45, 2.75) is 51.0 Å². The van der Waals surface area contributed by atoms with Gasteiger partial charge in [0.1, 0.15) is 5.82 Å². The summed E-state index contributed by atoms with van der Waals surface area (Å²) in [6.07, 6.45) is 6.03. The van der Waals surface area contributed by atoms with Crippen LogP contribution >= 0.6 is 0 Å². The van der Waals surface area contributed by atoms with Crippen LogP contribution in [-0.4, -0.2) is 32.9 Å². The molecule has 2 aliphatic carbocycles. The van der Waals surface area contributed by atoms with E-state index in [1.807, 2.05) is 36.4 Å². The average Bonchev–Trinajstić information content (AvgIpc) is 3.42. The molecule has 0 unspecified atom stereocenters. The van der Waals surface area contributed by atoms with E-state index < -0.39 is 5.97 Å². The molecular formula is C21H26N4O3. The molecule has 1 heterocycles. The maximum Gasteiger partial charge on any atom is 0.320 e. The topological polar surface area (TPSA) is 96.3 Å². The van der Waals surface area contributed by atoms with E-state index >= 15 is 0 Å². The van der Waals surface area contributed by atoms with Crippen LogP contribution in [0, 0.1) is 11.8 Å². The molecule has 148 valence electrons. The number of hydrogen-bond donors (Lipinski definition) is 3. The molecule has 7 heteroatoms. The zero-order chi connectivity index (χ0) is 19.5. The van der Waals surface area contributed by atoms with Crippen molar-refractivity contribution in [3.05, 3.63) is 42.1 Å². The van der Waals surface area contributed by atoms with Gasteiger partial charge in [-0.25, -0.2) is 9.48 Å². The number of benzene rings is 1. The van der Waals surface area contributed by atoms with Crippen molar-refractivity contribution in [2.75, 3.05) is 5.32 Å². The monoisotopic (exact) mass is 382 g/mol. The molecule has 0 aliphatic heterocycles. The smallest absolute Gasteiger partial charge is 0.320 e. The number of hydrogen-bond acceptors (Lipinski definition) is 3. The van der Waals surface area contributed by atoms with Crippen LogP contribution in [0.1, 0.15) is 44.2 Å². The zero-order valence-electron chi connectivity index (χ0n) is 15.8. The van der Waals surface area contributed by atoms with Crippen LogP contribution in [0.15, 0.2) is 36.4 Å². The Kier molecular flexibility index (Phi) is 5.32. The van der Waals surface area contributed by atoms with Crippen molar-refractivity contribution in [1.29, 1.82) is 0 Å². The summed E-state index contributed by atoms with van der Waals surface area (Å²) in [6, 6.07) is 11.5. The number of carboxylic acids is 1. The number of carboxylic acid groups (broad SMARTS) is 1. The van der Waals surface area contributed by atoms with Crippen molar-refractivity contribution in [3.8, 4) is 5.69 Å². The SMILES string of the molecule is O=C(Nc1cc(CC2CC2)nn1-c1ccccc1)NC1CCC(C(=O)O)CC1. The summed E-state index contributed by atoms with van der Waals surface area (Å²) in [5.74, 6) is 0.340. The Hall–Kier alpha value is -2.83. The molecule has 0 spiro atoms. The Morgan fingerprint density at radius 2 is 1.79 bits per heavy atom. The highest BCUT2D eigenvalue weighted by Crippen LogP contribution is 2.33. The van der Waals surface area contributed by atoms with Gasteiger partial charge in [-0.1, -0.05) is 18.2 Å². The van der Waals surface area contributed by atoms with Crippen molar-refractivity contribution < 1.29 is 14.7 Å². The van der Waals surface area contributed by atoms with E-state index in [9.17, 15) is 9.59 Å². The van der Waals surface area contributed by atoms with Crippen LogP contribution in [-0.2, 0) is 11.2 Å². The molecule has 28 heavy (non-hydrogen) atoms. The van der Waals surface area contributed by atoms with Gasteiger partial charge in [-0.3, -0.25) is 10.1 Å². The van der Waals surface area contributed by atoms with Gasteiger partial charge in [-0.05, 0) is 63.0 Å². The number of nitrogens with zero attached hydrogens (tertiary/aromatic N) is 2. The first kappa shape index (κ1) is 18.5. The van der Waals surface area contributed by atoms with Gasteiger partial charge in [0.15, 0.2) is 0 Å². The number of amides is 2. The predicted molar refractivity (Wildman–Crippen MR) is 106 cm³/mol. The van der Waals surface area contributed by atoms with E-state index in [1.54, 1.807) is 4.68 Å². The van der Waals surface area contributed by atoms with Gasteiger partial charge in [0.2, 0.25) is 0 Å². The fourth-order valence-corrected chi connectivity index (χ4v) is 3.83. The number of anilines is 1. The number of rotatable bonds is 6. The van der Waals surface area contributed by atoms with Crippen LogP contribution in [0.3, 0.4) is 0 Å². The minimum absolute atomic E-state index is 0.00892. The van der Waals surface area contributed by atoms with Crippen molar-refractivity contribution in [3.63, 3.8) is 0 Å². The Morgan fingerprint density at radius 3 is 2.43 bits per heavy atom. The maximum absolute atomic E-state index is 12.5. The number of para-hydroxylation sites is 1. The van der Waals surface area contributed by atoms with Crippen LogP contribution in [0.2, 0.25) is 0 Å². The van der Waals surface area contributed by atoms with Crippen molar-refractivity contribution in [2.24, 2.45) is 11.8 Å². The lowest BCUT2D eigenvalue weighted by Gasteiger charge is -2.26. The molecule has 2 aliphatic rings. The third-order valence-electron chi connectivity index (χ3n) is 5.61. The van der Waals surface area contributed by atoms with Gasteiger partial charge in [0.25, 0.3) is 0 Å². The summed E-state index contributed by atoms with van der Waals surface area (Å²) >= 11 is 0. The summed E-state index contributed by atoms with van der Waals surface area (Å²) in [6.45, 7) is 0. The highest BCUT2D eigenvalue weighted by molar-refractivity contribution is 5.89. The van der Waals surface area contributed by atoms with E-state index in [0.29, 0.717) is 37.4 Å². The summed E-state index contributed by atoms with van der Waals surface area (Å²) in [4.78, 5) is 23.6. The minimum Gasteiger partial charge on any atom is -0.481 e. The first-order valence-corrected chi connectivity index (χ1v) is 10.0. The lowest BCUT2D eigenvalue weighted by molar-refractivity contribution is -0.142. The lowest BCUT2D eigenvalue weighted by atomic mass is 9.86. The molecule has 0 bridgehead atoms. The first-order chi connectivity index (χ1) is 13.6. The molecule has 0 atom stereocenters. The van der Waals surface area contributed by atoms with E-state index in [1.165, 1.54) is 12.8 Å². The second kappa shape index (κ2) is 8.04. The molecule has 3 N–H and O–H groups in total. The average molecular weight is 382 g/mol. The molecule has 0 saturated heterocycles. The van der Waals surface area contributed by atoms with E-state index in [4.69, 9.17) is 10.2 Å². The highest BCUT2D eigenvalue weighted by atomic mass is 16.4. The molecule has 1 aromatic carbocycles.